The van der Waals surface area contributed by atoms with Crippen molar-refractivity contribution in [3.8, 4) is 0 Å². The first kappa shape index (κ1) is 17.0. The Bertz CT molecular complexity index is 850. The molecule has 1 aromatic carbocycles. The van der Waals surface area contributed by atoms with Crippen molar-refractivity contribution >= 4 is 22.8 Å². The summed E-state index contributed by atoms with van der Waals surface area (Å²) >= 11 is 0. The van der Waals surface area contributed by atoms with Gasteiger partial charge in [-0.2, -0.15) is 0 Å². The Morgan fingerprint density at radius 2 is 1.92 bits per heavy atom. The van der Waals surface area contributed by atoms with Gasteiger partial charge >= 0.3 is 5.97 Å². The monoisotopic (exact) mass is 337 g/mol. The summed E-state index contributed by atoms with van der Waals surface area (Å²) in [5, 5.41) is 4.26. The van der Waals surface area contributed by atoms with E-state index in [-0.39, 0.29) is 5.97 Å². The fraction of sp³-hybridized carbons (Fsp3) is 0.300. The number of esters is 1. The molecule has 0 spiro atoms. The summed E-state index contributed by atoms with van der Waals surface area (Å²) in [6.45, 7) is 5.61. The molecule has 0 aliphatic carbocycles. The highest BCUT2D eigenvalue weighted by Gasteiger charge is 2.26. The Labute approximate surface area is 147 Å². The number of rotatable bonds is 5. The zero-order chi connectivity index (χ0) is 17.9. The van der Waals surface area contributed by atoms with Gasteiger partial charge in [-0.15, -0.1) is 0 Å². The maximum Gasteiger partial charge on any atom is 0.329 e. The minimum atomic E-state index is -0.537. The van der Waals surface area contributed by atoms with Crippen LogP contribution in [0.5, 0.6) is 0 Å². The second-order valence-electron chi connectivity index (χ2n) is 7.03. The second kappa shape index (κ2) is 6.97. The van der Waals surface area contributed by atoms with Crippen molar-refractivity contribution in [2.24, 2.45) is 0 Å². The van der Waals surface area contributed by atoms with Crippen LogP contribution in [0.25, 0.3) is 11.0 Å². The molecule has 0 bridgehead atoms. The van der Waals surface area contributed by atoms with Crippen LogP contribution in [0.3, 0.4) is 0 Å². The van der Waals surface area contributed by atoms with Gasteiger partial charge in [0.1, 0.15) is 23.1 Å². The lowest BCUT2D eigenvalue weighted by atomic mass is 10.1. The largest absolute Gasteiger partial charge is 0.458 e. The van der Waals surface area contributed by atoms with E-state index in [1.54, 1.807) is 0 Å². The van der Waals surface area contributed by atoms with Crippen LogP contribution in [0.15, 0.2) is 54.7 Å². The van der Waals surface area contributed by atoms with E-state index in [0.29, 0.717) is 12.2 Å². The van der Waals surface area contributed by atoms with Gasteiger partial charge < -0.3 is 15.0 Å². The van der Waals surface area contributed by atoms with Gasteiger partial charge in [-0.25, -0.2) is 9.78 Å². The number of pyridine rings is 1. The molecular weight excluding hydrogens is 314 g/mol. The number of benzene rings is 1. The topological polar surface area (TPSA) is 67.0 Å². The molecule has 5 heteroatoms. The number of carbonyl (C=O) groups is 1. The predicted molar refractivity (Wildman–Crippen MR) is 99.5 cm³/mol. The van der Waals surface area contributed by atoms with Crippen LogP contribution >= 0.6 is 0 Å². The average Bonchev–Trinajstić information content (AvgIpc) is 3.01. The predicted octanol–water partition coefficient (Wildman–Crippen LogP) is 3.93. The molecule has 0 amide bonds. The Morgan fingerprint density at radius 1 is 1.16 bits per heavy atom. The number of H-pyrrole nitrogens is 1. The van der Waals surface area contributed by atoms with Crippen molar-refractivity contribution in [2.45, 2.75) is 38.8 Å². The summed E-state index contributed by atoms with van der Waals surface area (Å²) in [5.41, 5.74) is 1.31. The molecule has 5 nitrogen and oxygen atoms in total. The van der Waals surface area contributed by atoms with Crippen molar-refractivity contribution < 1.29 is 9.53 Å². The van der Waals surface area contributed by atoms with E-state index in [2.05, 4.69) is 15.3 Å². The third-order valence-corrected chi connectivity index (χ3v) is 3.71. The Hall–Kier alpha value is -2.82. The molecule has 2 N–H and O–H groups in total. The quantitative estimate of drug-likeness (QED) is 0.692. The molecule has 1 atom stereocenters. The molecule has 25 heavy (non-hydrogen) atoms. The van der Waals surface area contributed by atoms with Crippen LogP contribution in [-0.4, -0.2) is 27.6 Å². The van der Waals surface area contributed by atoms with Crippen molar-refractivity contribution in [1.29, 1.82) is 0 Å². The smallest absolute Gasteiger partial charge is 0.329 e. The minimum absolute atomic E-state index is 0.287. The van der Waals surface area contributed by atoms with Gasteiger partial charge in [0.25, 0.3) is 0 Å². The van der Waals surface area contributed by atoms with Crippen LogP contribution in [0.1, 0.15) is 26.3 Å². The molecule has 130 valence electrons. The van der Waals surface area contributed by atoms with Crippen LogP contribution in [0.2, 0.25) is 0 Å². The van der Waals surface area contributed by atoms with E-state index in [4.69, 9.17) is 4.74 Å². The van der Waals surface area contributed by atoms with Gasteiger partial charge in [-0.3, -0.25) is 0 Å². The third-order valence-electron chi connectivity index (χ3n) is 3.71. The molecule has 0 saturated heterocycles. The summed E-state index contributed by atoms with van der Waals surface area (Å²) in [6, 6.07) is 15.2. The van der Waals surface area contributed by atoms with E-state index in [9.17, 15) is 4.79 Å². The number of hydrogen-bond acceptors (Lipinski definition) is 4. The summed E-state index contributed by atoms with van der Waals surface area (Å²) in [4.78, 5) is 20.3. The minimum Gasteiger partial charge on any atom is -0.458 e. The van der Waals surface area contributed by atoms with Crippen molar-refractivity contribution in [2.75, 3.05) is 5.32 Å². The molecule has 0 fully saturated rings. The third kappa shape index (κ3) is 4.59. The zero-order valence-electron chi connectivity index (χ0n) is 14.7. The van der Waals surface area contributed by atoms with Gasteiger partial charge in [0.2, 0.25) is 0 Å². The fourth-order valence-electron chi connectivity index (χ4n) is 2.61. The lowest BCUT2D eigenvalue weighted by molar-refractivity contribution is -0.155. The number of hydrogen-bond donors (Lipinski definition) is 2. The number of carbonyl (C=O) groups excluding carboxylic acids is 1. The molecule has 0 aliphatic rings. The SMILES string of the molecule is CC(C)(C)OC(=O)C(Cc1ccccc1)Nc1ccc2cc[nH]c2n1. The maximum atomic E-state index is 12.7. The van der Waals surface area contributed by atoms with Crippen molar-refractivity contribution in [3.05, 3.63) is 60.3 Å². The summed E-state index contributed by atoms with van der Waals surface area (Å²) in [6.07, 6.45) is 2.37. The fourth-order valence-corrected chi connectivity index (χ4v) is 2.61. The number of nitrogens with one attached hydrogen (secondary N) is 2. The van der Waals surface area contributed by atoms with E-state index >= 15 is 0 Å². The van der Waals surface area contributed by atoms with Crippen LogP contribution < -0.4 is 5.32 Å². The molecule has 3 rings (SSSR count). The summed E-state index contributed by atoms with van der Waals surface area (Å²) in [5.74, 6) is 0.353. The average molecular weight is 337 g/mol. The number of ether oxygens (including phenoxy) is 1. The van der Waals surface area contributed by atoms with Crippen molar-refractivity contribution in [1.82, 2.24) is 9.97 Å². The summed E-state index contributed by atoms with van der Waals surface area (Å²) in [7, 11) is 0. The number of fused-ring (bicyclic) bond motifs is 1. The molecule has 2 aromatic heterocycles. The first-order chi connectivity index (χ1) is 11.9. The van der Waals surface area contributed by atoms with Gasteiger partial charge in [0.05, 0.1) is 0 Å². The lowest BCUT2D eigenvalue weighted by Crippen LogP contribution is -2.38. The summed E-state index contributed by atoms with van der Waals surface area (Å²) < 4.78 is 5.58. The molecular formula is C20H23N3O2. The molecule has 0 radical (unpaired) electrons. The molecule has 1 unspecified atom stereocenters. The Balaban J connectivity index is 1.82. The van der Waals surface area contributed by atoms with Gasteiger partial charge in [0.15, 0.2) is 0 Å². The number of aromatic amines is 1. The normalized spacial score (nSPS) is 12.8. The zero-order valence-corrected chi connectivity index (χ0v) is 14.7. The van der Waals surface area contributed by atoms with Crippen LogP contribution in [-0.2, 0) is 16.0 Å². The van der Waals surface area contributed by atoms with Crippen LogP contribution in [0.4, 0.5) is 5.82 Å². The highest BCUT2D eigenvalue weighted by atomic mass is 16.6. The Kier molecular flexibility index (Phi) is 4.74. The van der Waals surface area contributed by atoms with E-state index in [1.807, 2.05) is 75.5 Å². The number of nitrogens with zero attached hydrogens (tertiary/aromatic N) is 1. The first-order valence-corrected chi connectivity index (χ1v) is 8.38. The van der Waals surface area contributed by atoms with Gasteiger partial charge in [-0.1, -0.05) is 30.3 Å². The van der Waals surface area contributed by atoms with E-state index in [0.717, 1.165) is 16.6 Å². The standard InChI is InChI=1S/C20H23N3O2/c1-20(2,3)25-19(24)16(13-14-7-5-4-6-8-14)22-17-10-9-15-11-12-21-18(15)23-17/h4-12,16H,13H2,1-3H3,(H2,21,22,23). The van der Waals surface area contributed by atoms with Crippen LogP contribution in [0, 0.1) is 0 Å². The van der Waals surface area contributed by atoms with E-state index < -0.39 is 11.6 Å². The molecule has 3 aromatic rings. The highest BCUT2D eigenvalue weighted by molar-refractivity contribution is 5.81. The van der Waals surface area contributed by atoms with Crippen molar-refractivity contribution in [3.63, 3.8) is 0 Å². The molecule has 2 heterocycles. The number of aromatic nitrogens is 2. The highest BCUT2D eigenvalue weighted by Crippen LogP contribution is 2.17. The van der Waals surface area contributed by atoms with Gasteiger partial charge in [0, 0.05) is 18.0 Å². The molecule has 0 aliphatic heterocycles. The van der Waals surface area contributed by atoms with Gasteiger partial charge in [-0.05, 0) is 44.5 Å². The first-order valence-electron chi connectivity index (χ1n) is 8.38. The lowest BCUT2D eigenvalue weighted by Gasteiger charge is -2.25. The maximum absolute atomic E-state index is 12.7. The number of anilines is 1. The Morgan fingerprint density at radius 3 is 2.64 bits per heavy atom. The van der Waals surface area contributed by atoms with E-state index in [1.165, 1.54) is 0 Å². The molecule has 0 saturated carbocycles. The second-order valence-corrected chi connectivity index (χ2v) is 7.03.